The number of carbonyl (C=O) groups excluding carboxylic acids is 4. The Balaban J connectivity index is 0.000000142. The summed E-state index contributed by atoms with van der Waals surface area (Å²) in [5.74, 6) is 0.549. The van der Waals surface area contributed by atoms with Gasteiger partial charge in [0.2, 0.25) is 0 Å². The highest BCUT2D eigenvalue weighted by Gasteiger charge is 2.43. The molecule has 0 aromatic carbocycles. The van der Waals surface area contributed by atoms with Crippen LogP contribution in [0.3, 0.4) is 0 Å². The maximum atomic E-state index is 12.3. The number of aliphatic hydroxyl groups excluding tert-OH is 1. The number of H-pyrrole nitrogens is 3. The summed E-state index contributed by atoms with van der Waals surface area (Å²) in [6.07, 6.45) is 24.0. The van der Waals surface area contributed by atoms with Crippen LogP contribution in [-0.2, 0) is 107 Å². The molecule has 0 amide bonds. The third-order valence-corrected chi connectivity index (χ3v) is 24.1. The van der Waals surface area contributed by atoms with E-state index in [4.69, 9.17) is 28.4 Å². The first-order valence-corrected chi connectivity index (χ1v) is 42.7. The van der Waals surface area contributed by atoms with Gasteiger partial charge in [0.1, 0.15) is 17.6 Å². The molecular formula is C88H137N11O11. The number of rotatable bonds is 16. The predicted octanol–water partition coefficient (Wildman–Crippen LogP) is 12.6. The van der Waals surface area contributed by atoms with Crippen LogP contribution in [0.25, 0.3) is 11.4 Å². The first-order valence-electron chi connectivity index (χ1n) is 42.7. The molecule has 610 valence electrons. The van der Waals surface area contributed by atoms with Crippen LogP contribution in [0.15, 0.2) is 21.6 Å². The number of aliphatic hydroxyl groups is 1. The smallest absolute Gasteiger partial charge is 0.196 e. The quantitative estimate of drug-likeness (QED) is 0.0700. The lowest BCUT2D eigenvalue weighted by Gasteiger charge is -2.39. The van der Waals surface area contributed by atoms with Crippen molar-refractivity contribution in [3.63, 3.8) is 0 Å². The monoisotopic (exact) mass is 1520 g/mol. The first-order chi connectivity index (χ1) is 53.3. The van der Waals surface area contributed by atoms with Gasteiger partial charge in [0, 0.05) is 208 Å². The molecule has 0 radical (unpaired) electrons. The zero-order chi connectivity index (χ0) is 78.3. The molecule has 5 N–H and O–H groups in total. The molecule has 5 aliphatic heterocycles. The molecule has 9 heterocycles. The van der Waals surface area contributed by atoms with Crippen molar-refractivity contribution in [2.45, 2.75) is 268 Å². The van der Waals surface area contributed by atoms with Crippen molar-refractivity contribution in [3.05, 3.63) is 102 Å². The minimum absolute atomic E-state index is 0.0686. The number of ketones is 4. The molecule has 4 aromatic heterocycles. The van der Waals surface area contributed by atoms with Crippen LogP contribution in [-0.4, -0.2) is 235 Å². The summed E-state index contributed by atoms with van der Waals surface area (Å²) in [7, 11) is 0. The van der Waals surface area contributed by atoms with Gasteiger partial charge in [-0.25, -0.2) is 0 Å². The third-order valence-electron chi connectivity index (χ3n) is 24.1. The Labute approximate surface area is 657 Å². The van der Waals surface area contributed by atoms with E-state index in [2.05, 4.69) is 116 Å². The van der Waals surface area contributed by atoms with Crippen LogP contribution in [0.4, 0.5) is 0 Å². The Hall–Kier alpha value is -6.18. The zero-order valence-corrected chi connectivity index (χ0v) is 69.5. The van der Waals surface area contributed by atoms with Gasteiger partial charge in [0.25, 0.3) is 0 Å². The second-order valence-corrected chi connectivity index (χ2v) is 31.6. The molecule has 4 aromatic rings. The van der Waals surface area contributed by atoms with Gasteiger partial charge in [0.15, 0.2) is 17.4 Å². The van der Waals surface area contributed by atoms with E-state index in [0.29, 0.717) is 57.5 Å². The number of nitrogens with one attached hydrogen (secondary N) is 4. The molecule has 7 fully saturated rings. The van der Waals surface area contributed by atoms with E-state index < -0.39 is 5.79 Å². The average Bonchev–Trinajstić information content (AvgIpc) is 1.58. The number of hydrogen-bond donors (Lipinski definition) is 5. The maximum Gasteiger partial charge on any atom is 0.196 e. The standard InChI is InChI=1S/C20H31N3O2.C16H24N2O2.C15H24N2O2.C15H22N2O.C11H19NO2.C11H17NO2/c1-3-17-15(2)21-18-5-4-16(14-22-6-10-24-11-7-22)20(19(17)18)23-8-12-25-13-9-23;1-3-13-12(2)18(11-17-7-9-20-10-8-17)14-5-4-6-15(19)16(13)14;1-3-12-11(2)17-13-5-4-6-15(14(12)13)18-9-7-16-8-10-19-15;1-3-12-11(2)16-13-5-4-6-14(15(12)13)17-7-9-18-10-8-17;2*1-3-11(14)8(2)12-9-5-4-6-10(13)7-9/h21H,3-14H2,1-2H3;3-11H2,1-2H3;16-17H,3-10H2,1-2H3;6,16H,3-5,7-10H2,1-2H3;8,11,14H,3-7H2,1-2H3;8H,3-7H2,1-2H3. The molecule has 5 saturated heterocycles. The number of nitrogens with zero attached hydrogens (tertiary/aromatic N) is 7. The molecule has 3 atom stereocenters. The fourth-order valence-corrected chi connectivity index (χ4v) is 18.2. The van der Waals surface area contributed by atoms with Crippen LogP contribution in [0.2, 0.25) is 0 Å². The Bertz CT molecular complexity index is 3800. The van der Waals surface area contributed by atoms with Gasteiger partial charge in [0.05, 0.1) is 84.9 Å². The van der Waals surface area contributed by atoms with E-state index >= 15 is 0 Å². The molecule has 110 heavy (non-hydrogen) atoms. The Morgan fingerprint density at radius 2 is 1.07 bits per heavy atom. The fraction of sp³-hybridized carbons (Fsp3) is 0.705. The van der Waals surface area contributed by atoms with E-state index in [1.165, 1.54) is 102 Å². The minimum Gasteiger partial charge on any atom is -0.391 e. The van der Waals surface area contributed by atoms with E-state index in [1.54, 1.807) is 12.5 Å². The van der Waals surface area contributed by atoms with Gasteiger partial charge < -0.3 is 68.2 Å². The van der Waals surface area contributed by atoms with Crippen molar-refractivity contribution in [2.75, 3.05) is 138 Å². The summed E-state index contributed by atoms with van der Waals surface area (Å²) in [5.41, 5.74) is 28.3. The summed E-state index contributed by atoms with van der Waals surface area (Å²) >= 11 is 0. The summed E-state index contributed by atoms with van der Waals surface area (Å²) in [4.78, 5) is 75.4. The van der Waals surface area contributed by atoms with Crippen molar-refractivity contribution in [2.24, 2.45) is 9.98 Å². The summed E-state index contributed by atoms with van der Waals surface area (Å²) in [6, 6.07) is -0.332. The first kappa shape index (κ1) is 86.2. The van der Waals surface area contributed by atoms with Gasteiger partial charge in [-0.2, -0.15) is 0 Å². The van der Waals surface area contributed by atoms with Gasteiger partial charge >= 0.3 is 0 Å². The lowest BCUT2D eigenvalue weighted by atomic mass is 9.87. The van der Waals surface area contributed by atoms with E-state index in [0.717, 1.165) is 258 Å². The van der Waals surface area contributed by atoms with Crippen LogP contribution >= 0.6 is 0 Å². The number of aromatic nitrogens is 4. The molecular weight excluding hydrogens is 1390 g/mol. The Morgan fingerprint density at radius 3 is 1.65 bits per heavy atom. The molecule has 22 heteroatoms. The molecule has 3 unspecified atom stereocenters. The highest BCUT2D eigenvalue weighted by Crippen LogP contribution is 2.44. The number of Topliss-reactive ketones (excluding diaryl/α,β-unsaturated/α-hetero) is 4. The largest absolute Gasteiger partial charge is 0.391 e. The zero-order valence-electron chi connectivity index (χ0n) is 69.5. The van der Waals surface area contributed by atoms with Crippen LogP contribution < -0.4 is 5.32 Å². The van der Waals surface area contributed by atoms with Gasteiger partial charge in [-0.05, 0) is 179 Å². The SMILES string of the molecule is CCC(=O)C(C)N=C1CCCC(=O)C1.CCC(O)C(C)N=C1CCCC(=O)C1.CCc1c(C)[nH]c2c1C(N1CCOCC1)=C(CN1CCOCC1)CC2.CCc1c(C)[nH]c2c1C(N1CCOCC1)=CCC2.CCc1c(C)[nH]c2c1C1(CCC2)OCCNCCO1.CCc1c2c(n(CN3CCOCC3)c1C)CCCC2=O. The number of ether oxygens (including phenoxy) is 6. The van der Waals surface area contributed by atoms with Gasteiger partial charge in [-0.15, -0.1) is 0 Å². The topological polar surface area (TPSA) is 246 Å². The number of morpholine rings is 4. The van der Waals surface area contributed by atoms with Crippen molar-refractivity contribution >= 4 is 46.0 Å². The average molecular weight is 1530 g/mol. The minimum atomic E-state index is -0.494. The highest BCUT2D eigenvalue weighted by atomic mass is 16.7. The normalized spacial score (nSPS) is 22.0. The molecule has 22 nitrogen and oxygen atoms in total. The van der Waals surface area contributed by atoms with Gasteiger partial charge in [-0.1, -0.05) is 47.6 Å². The van der Waals surface area contributed by atoms with Crippen molar-refractivity contribution in [3.8, 4) is 0 Å². The van der Waals surface area contributed by atoms with Crippen molar-refractivity contribution in [1.29, 1.82) is 0 Å². The molecule has 1 spiro atoms. The van der Waals surface area contributed by atoms with Crippen molar-refractivity contribution in [1.82, 2.24) is 44.4 Å². The molecule has 0 bridgehead atoms. The predicted molar refractivity (Wildman–Crippen MR) is 438 cm³/mol. The second kappa shape index (κ2) is 42.8. The van der Waals surface area contributed by atoms with Gasteiger partial charge in [-0.3, -0.25) is 39.0 Å². The Morgan fingerprint density at radius 1 is 0.545 bits per heavy atom. The number of aryl methyl sites for hydroxylation is 6. The number of aromatic amines is 3. The van der Waals surface area contributed by atoms with Crippen LogP contribution in [0.1, 0.15) is 253 Å². The molecule has 2 saturated carbocycles. The summed E-state index contributed by atoms with van der Waals surface area (Å²) < 4.78 is 36.8. The molecule has 6 aliphatic carbocycles. The summed E-state index contributed by atoms with van der Waals surface area (Å²) in [5, 5.41) is 12.8. The maximum absolute atomic E-state index is 12.3. The van der Waals surface area contributed by atoms with Crippen molar-refractivity contribution < 1.29 is 52.7 Å². The number of fused-ring (bicyclic) bond motifs is 5. The fourth-order valence-electron chi connectivity index (χ4n) is 18.2. The van der Waals surface area contributed by atoms with E-state index in [-0.39, 0.29) is 35.5 Å². The lowest BCUT2D eigenvalue weighted by Crippen LogP contribution is -2.43. The lowest BCUT2D eigenvalue weighted by molar-refractivity contribution is -0.258. The number of carbonyl (C=O) groups is 4. The number of aliphatic imine (C=N–C) groups is 2. The Kier molecular flexibility index (Phi) is 33.5. The number of hydrogen-bond acceptors (Lipinski definition) is 18. The molecule has 15 rings (SSSR count). The van der Waals surface area contributed by atoms with E-state index in [1.807, 2.05) is 20.8 Å². The van der Waals surface area contributed by atoms with Crippen LogP contribution in [0, 0.1) is 27.7 Å². The van der Waals surface area contributed by atoms with E-state index in [9.17, 15) is 24.3 Å². The second-order valence-electron chi connectivity index (χ2n) is 31.6. The third kappa shape index (κ3) is 22.2. The summed E-state index contributed by atoms with van der Waals surface area (Å²) in [6.45, 7) is 45.3. The molecule has 11 aliphatic rings. The van der Waals surface area contributed by atoms with Crippen LogP contribution in [0.5, 0.6) is 0 Å². The number of allylic oxidation sites excluding steroid dienone is 1. The highest BCUT2D eigenvalue weighted by molar-refractivity contribution is 6.05.